The second-order valence-electron chi connectivity index (χ2n) is 9.34. The minimum absolute atomic E-state index is 0.134. The van der Waals surface area contributed by atoms with E-state index in [1.807, 2.05) is 23.1 Å². The quantitative estimate of drug-likeness (QED) is 0.245. The van der Waals surface area contributed by atoms with Crippen molar-refractivity contribution in [1.82, 2.24) is 14.8 Å². The van der Waals surface area contributed by atoms with Gasteiger partial charge in [0.2, 0.25) is 0 Å². The number of alkyl halides is 3. The van der Waals surface area contributed by atoms with E-state index < -0.39 is 11.7 Å². The Balaban J connectivity index is 1.32. The van der Waals surface area contributed by atoms with Gasteiger partial charge in [0.1, 0.15) is 16.5 Å². The van der Waals surface area contributed by atoms with Gasteiger partial charge in [-0.15, -0.1) is 11.3 Å². The fourth-order valence-corrected chi connectivity index (χ4v) is 5.43. The number of fused-ring (bicyclic) bond motifs is 1. The van der Waals surface area contributed by atoms with Crippen LogP contribution >= 0.6 is 11.3 Å². The van der Waals surface area contributed by atoms with E-state index in [0.29, 0.717) is 42.4 Å². The summed E-state index contributed by atoms with van der Waals surface area (Å²) in [5.74, 6) is -0.494. The number of nitrogens with zero attached hydrogens (tertiary/aromatic N) is 3. The van der Waals surface area contributed by atoms with Crippen LogP contribution in [0.15, 0.2) is 78.2 Å². The molecule has 0 bridgehead atoms. The van der Waals surface area contributed by atoms with E-state index in [-0.39, 0.29) is 18.3 Å². The Bertz CT molecular complexity index is 1420. The molecule has 0 saturated carbocycles. The standard InChI is InChI=1S/C29H25F4N3OS/c30-25-10-8-20(9-11-25)15-35(16-21-4-3-7-24(14-21)29(31,32)33)18-27-34-26(19-38-27)28(37)36-13-12-22-5-1-2-6-23(22)17-36/h1-11,14,19H,12-13,15-18H2. The number of hydrogen-bond acceptors (Lipinski definition) is 4. The normalized spacial score (nSPS) is 13.6. The maximum Gasteiger partial charge on any atom is 0.416 e. The number of rotatable bonds is 7. The molecule has 1 amide bonds. The lowest BCUT2D eigenvalue weighted by molar-refractivity contribution is -0.137. The molecule has 196 valence electrons. The molecule has 0 spiro atoms. The first-order chi connectivity index (χ1) is 18.2. The zero-order valence-electron chi connectivity index (χ0n) is 20.4. The molecule has 1 aromatic heterocycles. The molecule has 38 heavy (non-hydrogen) atoms. The lowest BCUT2D eigenvalue weighted by atomic mass is 10.00. The van der Waals surface area contributed by atoms with E-state index in [9.17, 15) is 22.4 Å². The van der Waals surface area contributed by atoms with Gasteiger partial charge in [-0.3, -0.25) is 9.69 Å². The fraction of sp³-hybridized carbons (Fsp3) is 0.241. The van der Waals surface area contributed by atoms with Gasteiger partial charge < -0.3 is 4.90 Å². The van der Waals surface area contributed by atoms with Crippen molar-refractivity contribution in [2.45, 2.75) is 38.8 Å². The molecule has 1 aliphatic rings. The van der Waals surface area contributed by atoms with Crippen LogP contribution in [0.2, 0.25) is 0 Å². The highest BCUT2D eigenvalue weighted by atomic mass is 32.1. The number of carbonyl (C=O) groups excluding carboxylic acids is 1. The van der Waals surface area contributed by atoms with Crippen LogP contribution in [0.4, 0.5) is 17.6 Å². The SMILES string of the molecule is O=C(c1csc(CN(Cc2ccc(F)cc2)Cc2cccc(C(F)(F)F)c2)n1)N1CCc2ccccc2C1. The van der Waals surface area contributed by atoms with Gasteiger partial charge >= 0.3 is 6.18 Å². The van der Waals surface area contributed by atoms with Gasteiger partial charge in [-0.1, -0.05) is 54.6 Å². The van der Waals surface area contributed by atoms with Gasteiger partial charge in [0.15, 0.2) is 0 Å². The van der Waals surface area contributed by atoms with Crippen LogP contribution in [0, 0.1) is 5.82 Å². The summed E-state index contributed by atoms with van der Waals surface area (Å²) in [5.41, 5.74) is 3.36. The Labute approximate surface area is 222 Å². The Morgan fingerprint density at radius 2 is 1.66 bits per heavy atom. The Morgan fingerprint density at radius 3 is 2.42 bits per heavy atom. The average Bonchev–Trinajstić information content (AvgIpc) is 3.37. The van der Waals surface area contributed by atoms with Crippen LogP contribution in [-0.2, 0) is 38.8 Å². The molecule has 0 unspecified atom stereocenters. The van der Waals surface area contributed by atoms with Gasteiger partial charge in [0, 0.05) is 31.6 Å². The maximum absolute atomic E-state index is 13.4. The molecule has 0 atom stereocenters. The van der Waals surface area contributed by atoms with Gasteiger partial charge in [0.05, 0.1) is 12.1 Å². The number of benzene rings is 3. The molecule has 1 aliphatic heterocycles. The Kier molecular flexibility index (Phi) is 7.58. The van der Waals surface area contributed by atoms with Crippen molar-refractivity contribution in [3.8, 4) is 0 Å². The van der Waals surface area contributed by atoms with Crippen LogP contribution in [0.1, 0.15) is 43.3 Å². The molecule has 5 rings (SSSR count). The molecular weight excluding hydrogens is 514 g/mol. The highest BCUT2D eigenvalue weighted by molar-refractivity contribution is 7.09. The zero-order chi connectivity index (χ0) is 26.7. The zero-order valence-corrected chi connectivity index (χ0v) is 21.2. The summed E-state index contributed by atoms with van der Waals surface area (Å²) in [5, 5.41) is 2.42. The predicted octanol–water partition coefficient (Wildman–Crippen LogP) is 6.70. The third-order valence-electron chi connectivity index (χ3n) is 6.53. The van der Waals surface area contributed by atoms with E-state index in [1.165, 1.54) is 35.1 Å². The van der Waals surface area contributed by atoms with Crippen LogP contribution in [0.5, 0.6) is 0 Å². The predicted molar refractivity (Wildman–Crippen MR) is 138 cm³/mol. The molecule has 4 nitrogen and oxygen atoms in total. The lowest BCUT2D eigenvalue weighted by Crippen LogP contribution is -2.36. The molecule has 4 aromatic rings. The molecule has 0 aliphatic carbocycles. The van der Waals surface area contributed by atoms with Crippen molar-refractivity contribution in [3.05, 3.63) is 123 Å². The summed E-state index contributed by atoms with van der Waals surface area (Å²) in [4.78, 5) is 21.5. The highest BCUT2D eigenvalue weighted by Gasteiger charge is 2.30. The number of amides is 1. The molecule has 0 saturated heterocycles. The summed E-state index contributed by atoms with van der Waals surface area (Å²) in [7, 11) is 0. The summed E-state index contributed by atoms with van der Waals surface area (Å²) in [6.07, 6.45) is -3.64. The van der Waals surface area contributed by atoms with Crippen molar-refractivity contribution in [2.75, 3.05) is 6.54 Å². The van der Waals surface area contributed by atoms with Crippen LogP contribution < -0.4 is 0 Å². The number of hydrogen-bond donors (Lipinski definition) is 0. The van der Waals surface area contributed by atoms with Crippen LogP contribution in [0.3, 0.4) is 0 Å². The van der Waals surface area contributed by atoms with Crippen molar-refractivity contribution in [3.63, 3.8) is 0 Å². The Hall–Kier alpha value is -3.56. The molecule has 9 heteroatoms. The molecule has 0 N–H and O–H groups in total. The minimum atomic E-state index is -4.43. The molecule has 2 heterocycles. The summed E-state index contributed by atoms with van der Waals surface area (Å²) in [6, 6.07) is 19.3. The monoisotopic (exact) mass is 539 g/mol. The average molecular weight is 540 g/mol. The number of carbonyl (C=O) groups is 1. The highest BCUT2D eigenvalue weighted by Crippen LogP contribution is 2.30. The number of aromatic nitrogens is 1. The first kappa shape index (κ1) is 26.1. The summed E-state index contributed by atoms with van der Waals surface area (Å²) >= 11 is 1.35. The Morgan fingerprint density at radius 1 is 0.921 bits per heavy atom. The third-order valence-corrected chi connectivity index (χ3v) is 7.36. The topological polar surface area (TPSA) is 36.4 Å². The maximum atomic E-state index is 13.4. The van der Waals surface area contributed by atoms with E-state index in [1.54, 1.807) is 28.5 Å². The number of halogens is 4. The van der Waals surface area contributed by atoms with E-state index >= 15 is 0 Å². The molecule has 0 fully saturated rings. The van der Waals surface area contributed by atoms with Gasteiger partial charge in [0.25, 0.3) is 5.91 Å². The van der Waals surface area contributed by atoms with Crippen molar-refractivity contribution in [1.29, 1.82) is 0 Å². The van der Waals surface area contributed by atoms with Crippen molar-refractivity contribution < 1.29 is 22.4 Å². The van der Waals surface area contributed by atoms with E-state index in [2.05, 4.69) is 11.1 Å². The van der Waals surface area contributed by atoms with Crippen molar-refractivity contribution >= 4 is 17.2 Å². The van der Waals surface area contributed by atoms with Crippen LogP contribution in [-0.4, -0.2) is 27.2 Å². The fourth-order valence-electron chi connectivity index (χ4n) is 4.62. The smallest absolute Gasteiger partial charge is 0.333 e. The van der Waals surface area contributed by atoms with Gasteiger partial charge in [-0.05, 0) is 46.9 Å². The van der Waals surface area contributed by atoms with Crippen molar-refractivity contribution in [2.24, 2.45) is 0 Å². The second kappa shape index (κ2) is 11.0. The first-order valence-electron chi connectivity index (χ1n) is 12.2. The van der Waals surface area contributed by atoms with E-state index in [4.69, 9.17) is 0 Å². The van der Waals surface area contributed by atoms with E-state index in [0.717, 1.165) is 29.7 Å². The lowest BCUT2D eigenvalue weighted by Gasteiger charge is -2.28. The summed E-state index contributed by atoms with van der Waals surface area (Å²) < 4.78 is 53.2. The van der Waals surface area contributed by atoms with Crippen LogP contribution in [0.25, 0.3) is 0 Å². The molecular formula is C29H25F4N3OS. The van der Waals surface area contributed by atoms with Gasteiger partial charge in [-0.25, -0.2) is 9.37 Å². The second-order valence-corrected chi connectivity index (χ2v) is 10.3. The third kappa shape index (κ3) is 6.28. The molecule has 0 radical (unpaired) electrons. The van der Waals surface area contributed by atoms with Gasteiger partial charge in [-0.2, -0.15) is 13.2 Å². The molecule has 3 aromatic carbocycles. The minimum Gasteiger partial charge on any atom is -0.333 e. The summed E-state index contributed by atoms with van der Waals surface area (Å²) in [6.45, 7) is 2.09. The first-order valence-corrected chi connectivity index (χ1v) is 13.1. The number of thiazole rings is 1. The largest absolute Gasteiger partial charge is 0.416 e.